The first kappa shape index (κ1) is 10.5. The van der Waals surface area contributed by atoms with Gasteiger partial charge in [-0.1, -0.05) is 18.2 Å². The summed E-state index contributed by atoms with van der Waals surface area (Å²) in [5, 5.41) is 0. The molecule has 1 aromatic rings. The molecule has 1 amide bonds. The summed E-state index contributed by atoms with van der Waals surface area (Å²) in [4.78, 5) is 18.4. The predicted molar refractivity (Wildman–Crippen MR) is 65.4 cm³/mol. The van der Waals surface area contributed by atoms with E-state index < -0.39 is 0 Å². The number of aromatic nitrogens is 1. The van der Waals surface area contributed by atoms with E-state index in [2.05, 4.69) is 22.0 Å². The summed E-state index contributed by atoms with van der Waals surface area (Å²) in [7, 11) is 0. The summed E-state index contributed by atoms with van der Waals surface area (Å²) in [5.74, 6) is 0.245. The van der Waals surface area contributed by atoms with Crippen LogP contribution in [0.4, 0.5) is 0 Å². The van der Waals surface area contributed by atoms with Crippen LogP contribution in [0, 0.1) is 0 Å². The SMILES string of the molecule is O=C(Cc1cccnc1)N1C2C=CCC1CC2. The number of hydrogen-bond acceptors (Lipinski definition) is 2. The predicted octanol–water partition coefficient (Wildman–Crippen LogP) is 1.94. The van der Waals surface area contributed by atoms with E-state index in [1.165, 1.54) is 0 Å². The number of carbonyl (C=O) groups is 1. The highest BCUT2D eigenvalue weighted by Gasteiger charge is 2.36. The van der Waals surface area contributed by atoms with Crippen molar-refractivity contribution in [2.24, 2.45) is 0 Å². The zero-order valence-corrected chi connectivity index (χ0v) is 9.75. The van der Waals surface area contributed by atoms with E-state index in [9.17, 15) is 4.79 Å². The van der Waals surface area contributed by atoms with Crippen LogP contribution in [0.2, 0.25) is 0 Å². The van der Waals surface area contributed by atoms with E-state index in [1.807, 2.05) is 12.1 Å². The fourth-order valence-electron chi connectivity index (χ4n) is 2.88. The van der Waals surface area contributed by atoms with Crippen molar-refractivity contribution in [2.45, 2.75) is 37.8 Å². The van der Waals surface area contributed by atoms with E-state index in [1.54, 1.807) is 12.4 Å². The van der Waals surface area contributed by atoms with Gasteiger partial charge in [-0.2, -0.15) is 0 Å². The fraction of sp³-hybridized carbons (Fsp3) is 0.429. The van der Waals surface area contributed by atoms with Crippen molar-refractivity contribution < 1.29 is 4.79 Å². The third-order valence-corrected chi connectivity index (χ3v) is 3.68. The second kappa shape index (κ2) is 4.32. The standard InChI is InChI=1S/C14H16N2O/c17-14(9-11-3-2-8-15-10-11)16-12-4-1-5-13(16)7-6-12/h1-4,8,10,12-13H,5-7,9H2. The maximum atomic E-state index is 12.3. The van der Waals surface area contributed by atoms with Gasteiger partial charge < -0.3 is 4.90 Å². The lowest BCUT2D eigenvalue weighted by Crippen LogP contribution is -2.42. The molecule has 2 aliphatic heterocycles. The second-order valence-corrected chi connectivity index (χ2v) is 4.80. The molecule has 1 fully saturated rings. The van der Waals surface area contributed by atoms with Crippen molar-refractivity contribution in [2.75, 3.05) is 0 Å². The highest BCUT2D eigenvalue weighted by Crippen LogP contribution is 2.31. The average Bonchev–Trinajstić information content (AvgIpc) is 2.61. The van der Waals surface area contributed by atoms with E-state index >= 15 is 0 Å². The molecule has 17 heavy (non-hydrogen) atoms. The van der Waals surface area contributed by atoms with Gasteiger partial charge in [0.2, 0.25) is 5.91 Å². The molecule has 2 aliphatic rings. The van der Waals surface area contributed by atoms with Crippen LogP contribution in [0.15, 0.2) is 36.7 Å². The molecule has 1 saturated heterocycles. The van der Waals surface area contributed by atoms with Gasteiger partial charge in [-0.25, -0.2) is 0 Å². The number of amides is 1. The van der Waals surface area contributed by atoms with Gasteiger partial charge in [0.25, 0.3) is 0 Å². The third-order valence-electron chi connectivity index (χ3n) is 3.68. The topological polar surface area (TPSA) is 33.2 Å². The lowest BCUT2D eigenvalue weighted by molar-refractivity contribution is -0.132. The van der Waals surface area contributed by atoms with Crippen LogP contribution in [0.3, 0.4) is 0 Å². The smallest absolute Gasteiger partial charge is 0.227 e. The average molecular weight is 228 g/mol. The molecule has 0 N–H and O–H groups in total. The molecule has 3 heterocycles. The van der Waals surface area contributed by atoms with Crippen LogP contribution in [0.25, 0.3) is 0 Å². The molecule has 2 bridgehead atoms. The highest BCUT2D eigenvalue weighted by atomic mass is 16.2. The second-order valence-electron chi connectivity index (χ2n) is 4.80. The summed E-state index contributed by atoms with van der Waals surface area (Å²) in [6.07, 6.45) is 11.7. The van der Waals surface area contributed by atoms with Gasteiger partial charge in [0.1, 0.15) is 0 Å². The Labute approximate surface area is 101 Å². The molecule has 0 saturated carbocycles. The number of nitrogens with zero attached hydrogens (tertiary/aromatic N) is 2. The summed E-state index contributed by atoms with van der Waals surface area (Å²) in [6, 6.07) is 4.63. The monoisotopic (exact) mass is 228 g/mol. The Kier molecular flexibility index (Phi) is 2.67. The van der Waals surface area contributed by atoms with Crippen LogP contribution >= 0.6 is 0 Å². The molecule has 1 aromatic heterocycles. The molecule has 3 nitrogen and oxygen atoms in total. The Balaban J connectivity index is 1.73. The molecule has 2 atom stereocenters. The van der Waals surface area contributed by atoms with Gasteiger partial charge in [-0.3, -0.25) is 9.78 Å². The lowest BCUT2D eigenvalue weighted by atomic mass is 10.1. The molecule has 3 rings (SSSR count). The number of pyridine rings is 1. The van der Waals surface area contributed by atoms with Crippen LogP contribution in [-0.2, 0) is 11.2 Å². The van der Waals surface area contributed by atoms with Gasteiger partial charge in [0.15, 0.2) is 0 Å². The van der Waals surface area contributed by atoms with Crippen molar-refractivity contribution in [1.82, 2.24) is 9.88 Å². The fourth-order valence-corrected chi connectivity index (χ4v) is 2.88. The van der Waals surface area contributed by atoms with E-state index in [-0.39, 0.29) is 5.91 Å². The number of carbonyl (C=O) groups excluding carboxylic acids is 1. The molecule has 0 aliphatic carbocycles. The summed E-state index contributed by atoms with van der Waals surface area (Å²) >= 11 is 0. The van der Waals surface area contributed by atoms with E-state index in [0.29, 0.717) is 18.5 Å². The summed E-state index contributed by atoms with van der Waals surface area (Å²) in [5.41, 5.74) is 1.01. The summed E-state index contributed by atoms with van der Waals surface area (Å²) in [6.45, 7) is 0. The van der Waals surface area contributed by atoms with Crippen molar-refractivity contribution in [3.05, 3.63) is 42.2 Å². The van der Waals surface area contributed by atoms with E-state index in [4.69, 9.17) is 0 Å². The Morgan fingerprint density at radius 1 is 1.47 bits per heavy atom. The minimum atomic E-state index is 0.245. The number of fused-ring (bicyclic) bond motifs is 2. The van der Waals surface area contributed by atoms with E-state index in [0.717, 1.165) is 24.8 Å². The van der Waals surface area contributed by atoms with Gasteiger partial charge in [-0.05, 0) is 30.9 Å². The van der Waals surface area contributed by atoms with Gasteiger partial charge >= 0.3 is 0 Å². The number of hydrogen-bond donors (Lipinski definition) is 0. The van der Waals surface area contributed by atoms with Crippen molar-refractivity contribution >= 4 is 5.91 Å². The molecule has 2 unspecified atom stereocenters. The Morgan fingerprint density at radius 2 is 2.41 bits per heavy atom. The summed E-state index contributed by atoms with van der Waals surface area (Å²) < 4.78 is 0. The molecule has 88 valence electrons. The molecule has 3 heteroatoms. The Morgan fingerprint density at radius 3 is 3.18 bits per heavy atom. The normalized spacial score (nSPS) is 26.2. The molecule has 0 aromatic carbocycles. The van der Waals surface area contributed by atoms with Gasteiger partial charge in [-0.15, -0.1) is 0 Å². The molecule has 0 spiro atoms. The van der Waals surface area contributed by atoms with Crippen molar-refractivity contribution in [3.63, 3.8) is 0 Å². The van der Waals surface area contributed by atoms with Gasteiger partial charge in [0, 0.05) is 18.4 Å². The minimum Gasteiger partial charge on any atom is -0.333 e. The van der Waals surface area contributed by atoms with Crippen LogP contribution in [0.1, 0.15) is 24.8 Å². The highest BCUT2D eigenvalue weighted by molar-refractivity contribution is 5.80. The minimum absolute atomic E-state index is 0.245. The third kappa shape index (κ3) is 1.97. The largest absolute Gasteiger partial charge is 0.333 e. The Bertz CT molecular complexity index is 441. The van der Waals surface area contributed by atoms with Crippen LogP contribution in [0.5, 0.6) is 0 Å². The zero-order valence-electron chi connectivity index (χ0n) is 9.75. The quantitative estimate of drug-likeness (QED) is 0.725. The molecular formula is C14H16N2O. The molecule has 0 radical (unpaired) electrons. The first-order chi connectivity index (χ1) is 8.34. The Hall–Kier alpha value is -1.64. The first-order valence-electron chi connectivity index (χ1n) is 6.21. The lowest BCUT2D eigenvalue weighted by Gasteiger charge is -2.31. The molecular weight excluding hydrogens is 212 g/mol. The van der Waals surface area contributed by atoms with Gasteiger partial charge in [0.05, 0.1) is 12.5 Å². The number of rotatable bonds is 2. The van der Waals surface area contributed by atoms with Crippen molar-refractivity contribution in [1.29, 1.82) is 0 Å². The van der Waals surface area contributed by atoms with Crippen LogP contribution < -0.4 is 0 Å². The van der Waals surface area contributed by atoms with Crippen molar-refractivity contribution in [3.8, 4) is 0 Å². The first-order valence-corrected chi connectivity index (χ1v) is 6.21. The maximum Gasteiger partial charge on any atom is 0.227 e. The zero-order chi connectivity index (χ0) is 11.7. The maximum absolute atomic E-state index is 12.3. The van der Waals surface area contributed by atoms with Crippen LogP contribution in [-0.4, -0.2) is 27.9 Å².